The Morgan fingerprint density at radius 3 is 2.35 bits per heavy atom. The van der Waals surface area contributed by atoms with Crippen LogP contribution in [-0.4, -0.2) is 62.4 Å². The number of guanidine groups is 1. The van der Waals surface area contributed by atoms with Gasteiger partial charge >= 0.3 is 10.2 Å². The zero-order chi connectivity index (χ0) is 17.3. The van der Waals surface area contributed by atoms with Crippen LogP contribution in [0.3, 0.4) is 0 Å². The molecule has 0 unspecified atom stereocenters. The second-order valence-corrected chi connectivity index (χ2v) is 6.20. The van der Waals surface area contributed by atoms with Crippen LogP contribution in [-0.2, 0) is 10.2 Å². The van der Waals surface area contributed by atoms with E-state index in [9.17, 15) is 12.3 Å². The van der Waals surface area contributed by atoms with Crippen LogP contribution < -0.4 is 0 Å². The molecule has 0 bridgehead atoms. The number of hydrogen-bond donors (Lipinski definition) is 0. The Morgan fingerprint density at radius 1 is 1.13 bits per heavy atom. The van der Waals surface area contributed by atoms with Crippen molar-refractivity contribution in [3.63, 3.8) is 0 Å². The Labute approximate surface area is 138 Å². The lowest BCUT2D eigenvalue weighted by molar-refractivity contribution is 0.269. The molecule has 1 aromatic rings. The van der Waals surface area contributed by atoms with Gasteiger partial charge in [-0.25, -0.2) is 4.98 Å². The van der Waals surface area contributed by atoms with E-state index in [1.165, 1.54) is 56.8 Å². The van der Waals surface area contributed by atoms with Gasteiger partial charge in [0.2, 0.25) is 0 Å². The van der Waals surface area contributed by atoms with E-state index in [4.69, 9.17) is 0 Å². The summed E-state index contributed by atoms with van der Waals surface area (Å²) in [5.74, 6) is 1.22. The predicted octanol–water partition coefficient (Wildman–Crippen LogP) is 2.15. The smallest absolute Gasteiger partial charge is 0.346 e. The molecule has 0 spiro atoms. The zero-order valence-electron chi connectivity index (χ0n) is 13.9. The van der Waals surface area contributed by atoms with Gasteiger partial charge in [-0.1, -0.05) is 23.8 Å². The Morgan fingerprint density at radius 2 is 1.83 bits per heavy atom. The fourth-order valence-electron chi connectivity index (χ4n) is 2.30. The minimum absolute atomic E-state index is 0.546. The summed E-state index contributed by atoms with van der Waals surface area (Å²) in [6.07, 6.45) is 3.74. The number of hydrogen-bond acceptors (Lipinski definition) is 6. The lowest BCUT2D eigenvalue weighted by atomic mass is 10.2. The van der Waals surface area contributed by atoms with Crippen molar-refractivity contribution in [2.45, 2.75) is 31.7 Å². The van der Waals surface area contributed by atoms with E-state index in [-0.39, 0.29) is 0 Å². The van der Waals surface area contributed by atoms with Crippen molar-refractivity contribution in [2.75, 3.05) is 33.2 Å². The van der Waals surface area contributed by atoms with Gasteiger partial charge in [0, 0.05) is 39.4 Å². The van der Waals surface area contributed by atoms with E-state index in [1.54, 1.807) is 0 Å². The van der Waals surface area contributed by atoms with Crippen LogP contribution in [0.2, 0.25) is 0 Å². The van der Waals surface area contributed by atoms with Gasteiger partial charge in [-0.15, -0.1) is 0 Å². The molecular formula is C15H25FN4O2S. The third kappa shape index (κ3) is 6.13. The standard InChI is InChI=1S/C8H15N3.C5H4FNO2S.C2H6/c1-10-5-3-7-11-6-2-4-9-8(10)11;6-10(8,9)5-3-1-2-4-7-5;1-2/h2-7H2,1H3;1-4H;1-2H3. The van der Waals surface area contributed by atoms with Crippen LogP contribution in [0, 0.1) is 0 Å². The molecule has 3 heterocycles. The Kier molecular flexibility index (Phi) is 7.94. The zero-order valence-corrected chi connectivity index (χ0v) is 14.8. The second kappa shape index (κ2) is 9.44. The second-order valence-electron chi connectivity index (χ2n) is 4.90. The fourth-order valence-corrected chi connectivity index (χ4v) is 2.73. The van der Waals surface area contributed by atoms with Gasteiger partial charge in [-0.3, -0.25) is 4.99 Å². The van der Waals surface area contributed by atoms with E-state index < -0.39 is 15.2 Å². The van der Waals surface area contributed by atoms with E-state index in [0.717, 1.165) is 12.6 Å². The van der Waals surface area contributed by atoms with Crippen LogP contribution in [0.5, 0.6) is 0 Å². The molecule has 0 aliphatic carbocycles. The van der Waals surface area contributed by atoms with Crippen LogP contribution >= 0.6 is 0 Å². The summed E-state index contributed by atoms with van der Waals surface area (Å²) in [6, 6.07) is 4.00. The SMILES string of the molecule is CC.CN1CCCN2CCCN=C12.O=S(=O)(F)c1ccccn1. The molecule has 0 atom stereocenters. The molecule has 8 heteroatoms. The van der Waals surface area contributed by atoms with Gasteiger partial charge in [0.15, 0.2) is 11.0 Å². The first-order valence-electron chi connectivity index (χ1n) is 7.85. The lowest BCUT2D eigenvalue weighted by Gasteiger charge is -2.39. The Balaban J connectivity index is 0.000000209. The third-order valence-corrected chi connectivity index (χ3v) is 4.01. The number of halogens is 1. The van der Waals surface area contributed by atoms with Gasteiger partial charge in [0.25, 0.3) is 0 Å². The number of pyridine rings is 1. The molecule has 2 aliphatic heterocycles. The lowest BCUT2D eigenvalue weighted by Crippen LogP contribution is -2.50. The molecule has 1 fully saturated rings. The molecule has 0 saturated carbocycles. The van der Waals surface area contributed by atoms with Crippen molar-refractivity contribution < 1.29 is 12.3 Å². The number of aromatic nitrogens is 1. The summed E-state index contributed by atoms with van der Waals surface area (Å²) in [5.41, 5.74) is 0. The van der Waals surface area contributed by atoms with Crippen LogP contribution in [0.25, 0.3) is 0 Å². The quantitative estimate of drug-likeness (QED) is 0.730. The van der Waals surface area contributed by atoms with Gasteiger partial charge < -0.3 is 9.80 Å². The summed E-state index contributed by atoms with van der Waals surface area (Å²) >= 11 is 0. The highest BCUT2D eigenvalue weighted by Crippen LogP contribution is 2.11. The average molecular weight is 344 g/mol. The molecular weight excluding hydrogens is 319 g/mol. The molecule has 130 valence electrons. The van der Waals surface area contributed by atoms with Gasteiger partial charge in [-0.2, -0.15) is 8.42 Å². The summed E-state index contributed by atoms with van der Waals surface area (Å²) in [7, 11) is -2.48. The third-order valence-electron chi connectivity index (χ3n) is 3.27. The van der Waals surface area contributed by atoms with E-state index in [1.807, 2.05) is 13.8 Å². The van der Waals surface area contributed by atoms with Crippen molar-refractivity contribution in [1.82, 2.24) is 14.8 Å². The molecule has 0 aromatic carbocycles. The molecule has 0 radical (unpaired) electrons. The molecule has 1 saturated heterocycles. The molecule has 0 amide bonds. The molecule has 6 nitrogen and oxygen atoms in total. The van der Waals surface area contributed by atoms with Crippen LogP contribution in [0.1, 0.15) is 26.7 Å². The first kappa shape index (κ1) is 19.3. The first-order valence-corrected chi connectivity index (χ1v) is 9.23. The number of aliphatic imine (C=N–C) groups is 1. The first-order chi connectivity index (χ1) is 11.0. The topological polar surface area (TPSA) is 65.9 Å². The van der Waals surface area contributed by atoms with Gasteiger partial charge in [0.1, 0.15) is 0 Å². The number of fused-ring (bicyclic) bond motifs is 1. The fraction of sp³-hybridized carbons (Fsp3) is 0.600. The van der Waals surface area contributed by atoms with Crippen molar-refractivity contribution in [3.05, 3.63) is 24.4 Å². The maximum absolute atomic E-state index is 12.0. The van der Waals surface area contributed by atoms with Gasteiger partial charge in [-0.05, 0) is 25.0 Å². The van der Waals surface area contributed by atoms with E-state index in [2.05, 4.69) is 26.8 Å². The predicted molar refractivity (Wildman–Crippen MR) is 89.6 cm³/mol. The van der Waals surface area contributed by atoms with Crippen LogP contribution in [0.4, 0.5) is 3.89 Å². The van der Waals surface area contributed by atoms with Gasteiger partial charge in [0.05, 0.1) is 0 Å². The molecule has 23 heavy (non-hydrogen) atoms. The summed E-state index contributed by atoms with van der Waals surface area (Å²) in [6.45, 7) is 8.62. The minimum Gasteiger partial charge on any atom is -0.346 e. The molecule has 1 aromatic heterocycles. The summed E-state index contributed by atoms with van der Waals surface area (Å²) < 4.78 is 32.2. The maximum atomic E-state index is 12.0. The van der Waals surface area contributed by atoms with E-state index >= 15 is 0 Å². The molecule has 2 aliphatic rings. The van der Waals surface area contributed by atoms with Crippen molar-refractivity contribution in [3.8, 4) is 0 Å². The summed E-state index contributed by atoms with van der Waals surface area (Å²) in [4.78, 5) is 12.5. The summed E-state index contributed by atoms with van der Waals surface area (Å²) in [5, 5.41) is -0.546. The normalized spacial score (nSPS) is 17.0. The Bertz CT molecular complexity index is 593. The molecule has 3 rings (SSSR count). The highest BCUT2D eigenvalue weighted by molar-refractivity contribution is 7.86. The molecule has 0 N–H and O–H groups in total. The minimum atomic E-state index is -4.61. The highest BCUT2D eigenvalue weighted by Gasteiger charge is 2.22. The number of rotatable bonds is 1. The van der Waals surface area contributed by atoms with Crippen LogP contribution in [0.15, 0.2) is 34.4 Å². The maximum Gasteiger partial charge on any atom is 0.349 e. The van der Waals surface area contributed by atoms with Crippen molar-refractivity contribution in [2.24, 2.45) is 4.99 Å². The monoisotopic (exact) mass is 344 g/mol. The van der Waals surface area contributed by atoms with Crippen molar-refractivity contribution in [1.29, 1.82) is 0 Å². The largest absolute Gasteiger partial charge is 0.349 e. The number of nitrogens with zero attached hydrogens (tertiary/aromatic N) is 4. The average Bonchev–Trinajstić information content (AvgIpc) is 2.58. The highest BCUT2D eigenvalue weighted by atomic mass is 32.3. The van der Waals surface area contributed by atoms with Crippen molar-refractivity contribution >= 4 is 16.2 Å². The Hall–Kier alpha value is -1.70. The van der Waals surface area contributed by atoms with E-state index in [0.29, 0.717) is 0 Å².